The van der Waals surface area contributed by atoms with Crippen molar-refractivity contribution in [1.82, 2.24) is 4.57 Å². The normalized spacial score (nSPS) is 10.6. The molecule has 0 unspecified atom stereocenters. The molecule has 2 rings (SSSR count). The second-order valence-electron chi connectivity index (χ2n) is 4.21. The van der Waals surface area contributed by atoms with Gasteiger partial charge in [0.2, 0.25) is 0 Å². The van der Waals surface area contributed by atoms with Crippen molar-refractivity contribution in [2.45, 2.75) is 13.8 Å². The second kappa shape index (κ2) is 5.27. The molecule has 3 nitrogen and oxygen atoms in total. The van der Waals surface area contributed by atoms with Crippen LogP contribution in [0.1, 0.15) is 21.7 Å². The Morgan fingerprint density at radius 1 is 1.16 bits per heavy atom. The molecule has 0 radical (unpaired) electrons. The van der Waals surface area contributed by atoms with E-state index in [1.807, 2.05) is 24.5 Å². The van der Waals surface area contributed by atoms with Gasteiger partial charge in [-0.05, 0) is 38.1 Å². The van der Waals surface area contributed by atoms with Crippen LogP contribution in [0.3, 0.4) is 0 Å². The number of aryl methyl sites for hydroxylation is 1. The number of carbonyl (C=O) groups excluding carboxylic acids is 1. The summed E-state index contributed by atoms with van der Waals surface area (Å²) in [5, 5.41) is 0.979. The predicted octanol–water partition coefficient (Wildman–Crippen LogP) is 4.19. The molecule has 0 fully saturated rings. The van der Waals surface area contributed by atoms with Gasteiger partial charge in [-0.2, -0.15) is 0 Å². The van der Waals surface area contributed by atoms with E-state index in [9.17, 15) is 4.79 Å². The maximum absolute atomic E-state index is 11.7. The summed E-state index contributed by atoms with van der Waals surface area (Å²) in [6.45, 7) is 3.78. The number of methoxy groups -OCH3 is 1. The van der Waals surface area contributed by atoms with Gasteiger partial charge in [0.05, 0.1) is 22.7 Å². The molecule has 0 aliphatic rings. The molecule has 0 spiro atoms. The number of nitrogens with zero attached hydrogens (tertiary/aromatic N) is 1. The van der Waals surface area contributed by atoms with Crippen LogP contribution in [0, 0.1) is 13.8 Å². The van der Waals surface area contributed by atoms with Crippen molar-refractivity contribution in [2.75, 3.05) is 7.11 Å². The average Bonchev–Trinajstić information content (AvgIpc) is 2.68. The molecule has 2 aromatic rings. The van der Waals surface area contributed by atoms with Crippen LogP contribution in [0.5, 0.6) is 0 Å². The summed E-state index contributed by atoms with van der Waals surface area (Å²) in [7, 11) is 1.37. The highest BCUT2D eigenvalue weighted by atomic mass is 35.5. The minimum atomic E-state index is -0.348. The zero-order valence-corrected chi connectivity index (χ0v) is 12.3. The molecular formula is C14H13Cl2NO2. The van der Waals surface area contributed by atoms with Crippen LogP contribution < -0.4 is 0 Å². The molecule has 1 heterocycles. The summed E-state index contributed by atoms with van der Waals surface area (Å²) < 4.78 is 6.70. The maximum Gasteiger partial charge on any atom is 0.339 e. The number of rotatable bonds is 2. The number of carbonyl (C=O) groups is 1. The lowest BCUT2D eigenvalue weighted by atomic mass is 10.2. The molecule has 0 bridgehead atoms. The van der Waals surface area contributed by atoms with Crippen molar-refractivity contribution in [3.05, 3.63) is 51.3 Å². The molecule has 0 saturated heterocycles. The molecule has 1 aromatic carbocycles. The van der Waals surface area contributed by atoms with Gasteiger partial charge in [0.15, 0.2) is 0 Å². The molecule has 5 heteroatoms. The molecule has 0 aliphatic heterocycles. The van der Waals surface area contributed by atoms with E-state index in [-0.39, 0.29) is 5.97 Å². The zero-order valence-electron chi connectivity index (χ0n) is 10.8. The molecular weight excluding hydrogens is 285 g/mol. The van der Waals surface area contributed by atoms with Gasteiger partial charge in [0.1, 0.15) is 0 Å². The van der Waals surface area contributed by atoms with Gasteiger partial charge in [-0.1, -0.05) is 23.2 Å². The Morgan fingerprint density at radius 2 is 1.84 bits per heavy atom. The van der Waals surface area contributed by atoms with Gasteiger partial charge in [-0.3, -0.25) is 0 Å². The van der Waals surface area contributed by atoms with E-state index in [1.165, 1.54) is 7.11 Å². The van der Waals surface area contributed by atoms with E-state index in [2.05, 4.69) is 0 Å². The van der Waals surface area contributed by atoms with Crippen molar-refractivity contribution in [1.29, 1.82) is 0 Å². The Bertz CT molecular complexity index is 647. The van der Waals surface area contributed by atoms with Crippen molar-refractivity contribution in [3.63, 3.8) is 0 Å². The number of esters is 1. The van der Waals surface area contributed by atoms with Crippen molar-refractivity contribution in [2.24, 2.45) is 0 Å². The van der Waals surface area contributed by atoms with Crippen LogP contribution in [0.4, 0.5) is 0 Å². The van der Waals surface area contributed by atoms with Crippen LogP contribution in [-0.2, 0) is 4.74 Å². The highest BCUT2D eigenvalue weighted by molar-refractivity contribution is 6.42. The molecule has 0 atom stereocenters. The van der Waals surface area contributed by atoms with Gasteiger partial charge in [0.25, 0.3) is 0 Å². The predicted molar refractivity (Wildman–Crippen MR) is 76.6 cm³/mol. The monoisotopic (exact) mass is 297 g/mol. The fourth-order valence-electron chi connectivity index (χ4n) is 2.10. The lowest BCUT2D eigenvalue weighted by molar-refractivity contribution is 0.0600. The highest BCUT2D eigenvalue weighted by Gasteiger charge is 2.17. The maximum atomic E-state index is 11.7. The molecule has 100 valence electrons. The zero-order chi connectivity index (χ0) is 14.2. The van der Waals surface area contributed by atoms with E-state index in [0.717, 1.165) is 17.1 Å². The second-order valence-corrected chi connectivity index (χ2v) is 5.02. The molecule has 0 N–H and O–H groups in total. The van der Waals surface area contributed by atoms with Crippen molar-refractivity contribution < 1.29 is 9.53 Å². The van der Waals surface area contributed by atoms with E-state index >= 15 is 0 Å². The Hall–Kier alpha value is -1.45. The summed E-state index contributed by atoms with van der Waals surface area (Å²) in [5.41, 5.74) is 3.14. The molecule has 0 amide bonds. The minimum Gasteiger partial charge on any atom is -0.465 e. The van der Waals surface area contributed by atoms with Crippen molar-refractivity contribution >= 4 is 29.2 Å². The number of ether oxygens (including phenoxy) is 1. The summed E-state index contributed by atoms with van der Waals surface area (Å²) in [6, 6.07) is 7.15. The fraction of sp³-hybridized carbons (Fsp3) is 0.214. The first-order valence-electron chi connectivity index (χ1n) is 5.68. The van der Waals surface area contributed by atoms with Crippen molar-refractivity contribution in [3.8, 4) is 5.69 Å². The van der Waals surface area contributed by atoms with Crippen LogP contribution in [0.25, 0.3) is 5.69 Å². The first-order valence-corrected chi connectivity index (χ1v) is 6.44. The molecule has 0 saturated carbocycles. The summed E-state index contributed by atoms with van der Waals surface area (Å²) in [5.74, 6) is -0.348. The summed E-state index contributed by atoms with van der Waals surface area (Å²) >= 11 is 11.9. The Morgan fingerprint density at radius 3 is 2.42 bits per heavy atom. The topological polar surface area (TPSA) is 31.2 Å². The molecule has 19 heavy (non-hydrogen) atoms. The molecule has 1 aromatic heterocycles. The minimum absolute atomic E-state index is 0.348. The number of aromatic nitrogens is 1. The Balaban J connectivity index is 2.59. The third-order valence-corrected chi connectivity index (χ3v) is 3.74. The van der Waals surface area contributed by atoms with Crippen LogP contribution in [0.15, 0.2) is 24.3 Å². The first kappa shape index (κ1) is 14.0. The number of benzene rings is 1. The first-order chi connectivity index (χ1) is 8.95. The molecule has 0 aliphatic carbocycles. The van der Waals surface area contributed by atoms with Gasteiger partial charge < -0.3 is 9.30 Å². The number of halogens is 2. The quantitative estimate of drug-likeness (QED) is 0.778. The highest BCUT2D eigenvalue weighted by Crippen LogP contribution is 2.27. The third kappa shape index (κ3) is 2.48. The third-order valence-electron chi connectivity index (χ3n) is 3.00. The van der Waals surface area contributed by atoms with Gasteiger partial charge >= 0.3 is 5.97 Å². The lowest BCUT2D eigenvalue weighted by Gasteiger charge is -2.10. The van der Waals surface area contributed by atoms with Crippen LogP contribution in [-0.4, -0.2) is 17.6 Å². The van der Waals surface area contributed by atoms with Crippen LogP contribution >= 0.6 is 23.2 Å². The van der Waals surface area contributed by atoms with Gasteiger partial charge in [-0.25, -0.2) is 4.79 Å². The van der Waals surface area contributed by atoms with E-state index < -0.39 is 0 Å². The largest absolute Gasteiger partial charge is 0.465 e. The SMILES string of the molecule is COC(=O)c1cc(C)n(-c2ccc(Cl)c(Cl)c2)c1C. The summed E-state index contributed by atoms with van der Waals surface area (Å²) in [4.78, 5) is 11.7. The summed E-state index contributed by atoms with van der Waals surface area (Å²) in [6.07, 6.45) is 0. The standard InChI is InChI=1S/C14H13Cl2NO2/c1-8-6-11(14(18)19-3)9(2)17(8)10-4-5-12(15)13(16)7-10/h4-7H,1-3H3. The number of hydrogen-bond donors (Lipinski definition) is 0. The average molecular weight is 298 g/mol. The smallest absolute Gasteiger partial charge is 0.339 e. The Kier molecular flexibility index (Phi) is 3.88. The Labute approximate surface area is 121 Å². The number of hydrogen-bond acceptors (Lipinski definition) is 2. The lowest BCUT2D eigenvalue weighted by Crippen LogP contribution is -2.04. The van der Waals surface area contributed by atoms with Gasteiger partial charge in [0, 0.05) is 17.1 Å². The van der Waals surface area contributed by atoms with E-state index in [0.29, 0.717) is 15.6 Å². The fourth-order valence-corrected chi connectivity index (χ4v) is 2.39. The van der Waals surface area contributed by atoms with Crippen LogP contribution in [0.2, 0.25) is 10.0 Å². The van der Waals surface area contributed by atoms with E-state index in [1.54, 1.807) is 18.2 Å². The van der Waals surface area contributed by atoms with Gasteiger partial charge in [-0.15, -0.1) is 0 Å². The van der Waals surface area contributed by atoms with E-state index in [4.69, 9.17) is 27.9 Å².